The van der Waals surface area contributed by atoms with Crippen molar-refractivity contribution in [3.63, 3.8) is 0 Å². The molecular weight excluding hydrogens is 398 g/mol. The number of fused-ring (bicyclic) bond motifs is 1. The Bertz CT molecular complexity index is 1420. The van der Waals surface area contributed by atoms with Crippen LogP contribution in [-0.2, 0) is 0 Å². The van der Waals surface area contributed by atoms with Gasteiger partial charge in [-0.15, -0.1) is 0 Å². The molecule has 0 bridgehead atoms. The lowest BCUT2D eigenvalue weighted by molar-refractivity contribution is 0.503. The summed E-state index contributed by atoms with van der Waals surface area (Å²) >= 11 is 6.21. The highest BCUT2D eigenvalue weighted by atomic mass is 35.5. The zero-order valence-corrected chi connectivity index (χ0v) is 17.7. The molecule has 0 amide bonds. The molecule has 4 aromatic rings. The number of rotatable bonds is 3. The fourth-order valence-corrected chi connectivity index (χ4v) is 3.80. The number of allylic oxidation sites excluding steroid dienone is 1. The van der Waals surface area contributed by atoms with Crippen molar-refractivity contribution in [2.45, 2.75) is 27.7 Å². The predicted molar refractivity (Wildman–Crippen MR) is 116 cm³/mol. The Labute approximate surface area is 178 Å². The first-order chi connectivity index (χ1) is 14.3. The fraction of sp³-hybridized carbons (Fsp3) is 0.174. The third-order valence-corrected chi connectivity index (χ3v) is 5.60. The van der Waals surface area contributed by atoms with Gasteiger partial charge in [-0.1, -0.05) is 17.7 Å². The zero-order valence-electron chi connectivity index (χ0n) is 17.0. The number of aromatic nitrogens is 3. The molecule has 0 atom stereocenters. The van der Waals surface area contributed by atoms with E-state index in [0.717, 1.165) is 28.0 Å². The summed E-state index contributed by atoms with van der Waals surface area (Å²) in [6.45, 7) is 7.58. The van der Waals surface area contributed by atoms with Crippen LogP contribution in [0.4, 0.5) is 0 Å². The van der Waals surface area contributed by atoms with Gasteiger partial charge in [0.1, 0.15) is 34.8 Å². The van der Waals surface area contributed by atoms with Gasteiger partial charge in [0.25, 0.3) is 0 Å². The van der Waals surface area contributed by atoms with E-state index in [0.29, 0.717) is 39.1 Å². The topological polar surface area (TPSA) is 94.3 Å². The molecule has 0 aliphatic carbocycles. The van der Waals surface area contributed by atoms with Gasteiger partial charge in [-0.05, 0) is 57.5 Å². The molecule has 1 aromatic carbocycles. The molecule has 0 spiro atoms. The molecular formula is C23H18ClN5O. The van der Waals surface area contributed by atoms with Crippen molar-refractivity contribution >= 4 is 34.3 Å². The van der Waals surface area contributed by atoms with Crippen molar-refractivity contribution in [2.24, 2.45) is 0 Å². The number of hydrogen-bond donors (Lipinski definition) is 1. The molecule has 0 aliphatic rings. The van der Waals surface area contributed by atoms with Gasteiger partial charge >= 0.3 is 0 Å². The van der Waals surface area contributed by atoms with E-state index in [1.807, 2.05) is 50.5 Å². The van der Waals surface area contributed by atoms with Gasteiger partial charge in [0.05, 0.1) is 16.1 Å². The number of imidazole rings is 1. The highest BCUT2D eigenvalue weighted by molar-refractivity contribution is 6.34. The van der Waals surface area contributed by atoms with Gasteiger partial charge < -0.3 is 9.40 Å². The zero-order chi connectivity index (χ0) is 21.6. The number of aryl methyl sites for hydroxylation is 2. The maximum absolute atomic E-state index is 9.76. The summed E-state index contributed by atoms with van der Waals surface area (Å²) in [5.41, 5.74) is 5.71. The molecule has 3 aromatic heterocycles. The van der Waals surface area contributed by atoms with Gasteiger partial charge in [-0.25, -0.2) is 4.98 Å². The van der Waals surface area contributed by atoms with Crippen molar-refractivity contribution < 1.29 is 4.42 Å². The number of aromatic amines is 1. The smallest absolute Gasteiger partial charge is 0.222 e. The Balaban J connectivity index is 1.85. The molecule has 0 radical (unpaired) electrons. The van der Waals surface area contributed by atoms with Crippen LogP contribution >= 0.6 is 11.6 Å². The van der Waals surface area contributed by atoms with Crippen LogP contribution in [0.2, 0.25) is 5.02 Å². The standard InChI is InChI=1S/C23H18ClN5O/c1-12-8-16(14(3)29(12)23-18(11-26)13(2)15(4)30-23)9-17(10-25)22-27-20-7-5-6-19(24)21(20)28-22/h5-9H,1-4H3,(H,27,28). The second-order valence-electron chi connectivity index (χ2n) is 7.13. The molecule has 6 nitrogen and oxygen atoms in total. The number of nitrogens with zero attached hydrogens (tertiary/aromatic N) is 4. The fourth-order valence-electron chi connectivity index (χ4n) is 3.58. The first-order valence-corrected chi connectivity index (χ1v) is 9.69. The molecule has 0 unspecified atom stereocenters. The van der Waals surface area contributed by atoms with E-state index in [-0.39, 0.29) is 0 Å². The Morgan fingerprint density at radius 1 is 1.23 bits per heavy atom. The summed E-state index contributed by atoms with van der Waals surface area (Å²) in [5.74, 6) is 1.66. The number of nitriles is 2. The lowest BCUT2D eigenvalue weighted by Gasteiger charge is -2.06. The summed E-state index contributed by atoms with van der Waals surface area (Å²) in [6.07, 6.45) is 1.78. The van der Waals surface area contributed by atoms with Crippen LogP contribution in [0.5, 0.6) is 0 Å². The maximum Gasteiger partial charge on any atom is 0.222 e. The first-order valence-electron chi connectivity index (χ1n) is 9.31. The predicted octanol–water partition coefficient (Wildman–Crippen LogP) is 5.77. The van der Waals surface area contributed by atoms with E-state index < -0.39 is 0 Å². The summed E-state index contributed by atoms with van der Waals surface area (Å²) in [4.78, 5) is 7.65. The Hall–Kier alpha value is -3.74. The Kier molecular flexibility index (Phi) is 4.73. The van der Waals surface area contributed by atoms with Gasteiger partial charge in [0.15, 0.2) is 0 Å². The average molecular weight is 416 g/mol. The second kappa shape index (κ2) is 7.26. The molecule has 7 heteroatoms. The van der Waals surface area contributed by atoms with E-state index >= 15 is 0 Å². The second-order valence-corrected chi connectivity index (χ2v) is 7.54. The number of benzene rings is 1. The maximum atomic E-state index is 9.76. The largest absolute Gasteiger partial charge is 0.443 e. The summed E-state index contributed by atoms with van der Waals surface area (Å²) in [7, 11) is 0. The lowest BCUT2D eigenvalue weighted by Crippen LogP contribution is -2.00. The first kappa shape index (κ1) is 19.6. The molecule has 30 heavy (non-hydrogen) atoms. The van der Waals surface area contributed by atoms with Crippen LogP contribution in [0.15, 0.2) is 28.7 Å². The minimum Gasteiger partial charge on any atom is -0.443 e. The van der Waals surface area contributed by atoms with Gasteiger partial charge in [-0.2, -0.15) is 10.5 Å². The molecule has 1 N–H and O–H groups in total. The van der Waals surface area contributed by atoms with Crippen LogP contribution in [0.1, 0.15) is 39.7 Å². The van der Waals surface area contributed by atoms with Crippen molar-refractivity contribution in [1.82, 2.24) is 14.5 Å². The highest BCUT2D eigenvalue weighted by Gasteiger charge is 2.20. The van der Waals surface area contributed by atoms with E-state index in [4.69, 9.17) is 16.0 Å². The minimum atomic E-state index is 0.384. The highest BCUT2D eigenvalue weighted by Crippen LogP contribution is 2.31. The summed E-state index contributed by atoms with van der Waals surface area (Å²) in [5, 5.41) is 19.9. The van der Waals surface area contributed by atoms with Crippen LogP contribution in [0, 0.1) is 50.4 Å². The van der Waals surface area contributed by atoms with Crippen LogP contribution in [0.3, 0.4) is 0 Å². The molecule has 0 fully saturated rings. The Morgan fingerprint density at radius 2 is 2.00 bits per heavy atom. The van der Waals surface area contributed by atoms with E-state index in [2.05, 4.69) is 22.1 Å². The van der Waals surface area contributed by atoms with E-state index in [1.54, 1.807) is 12.1 Å². The monoisotopic (exact) mass is 415 g/mol. The van der Waals surface area contributed by atoms with Gasteiger partial charge in [0, 0.05) is 17.0 Å². The third kappa shape index (κ3) is 2.99. The number of furan rings is 1. The lowest BCUT2D eigenvalue weighted by atomic mass is 10.1. The van der Waals surface area contributed by atoms with Crippen LogP contribution in [0.25, 0.3) is 28.6 Å². The van der Waals surface area contributed by atoms with Crippen LogP contribution in [-0.4, -0.2) is 14.5 Å². The summed E-state index contributed by atoms with van der Waals surface area (Å²) < 4.78 is 7.79. The molecule has 0 aliphatic heterocycles. The van der Waals surface area contributed by atoms with Crippen molar-refractivity contribution in [1.29, 1.82) is 10.5 Å². The minimum absolute atomic E-state index is 0.384. The van der Waals surface area contributed by atoms with Crippen molar-refractivity contribution in [3.8, 4) is 18.0 Å². The van der Waals surface area contributed by atoms with Crippen molar-refractivity contribution in [2.75, 3.05) is 0 Å². The summed E-state index contributed by atoms with van der Waals surface area (Å²) in [6, 6.07) is 11.9. The molecule has 4 rings (SSSR count). The number of para-hydroxylation sites is 1. The number of halogens is 1. The quantitative estimate of drug-likeness (QED) is 0.429. The third-order valence-electron chi connectivity index (χ3n) is 5.29. The Morgan fingerprint density at radius 3 is 2.67 bits per heavy atom. The van der Waals surface area contributed by atoms with Gasteiger partial charge in [-0.3, -0.25) is 4.57 Å². The van der Waals surface area contributed by atoms with Gasteiger partial charge in [0.2, 0.25) is 5.88 Å². The number of H-pyrrole nitrogens is 1. The molecule has 0 saturated carbocycles. The molecule has 3 heterocycles. The van der Waals surface area contributed by atoms with Crippen molar-refractivity contribution in [3.05, 3.63) is 69.0 Å². The van der Waals surface area contributed by atoms with E-state index in [1.165, 1.54) is 0 Å². The molecule has 0 saturated heterocycles. The SMILES string of the molecule is Cc1oc(-n2c(C)cc(C=C(C#N)c3nc4c(Cl)cccc4[nH]3)c2C)c(C#N)c1C. The number of hydrogen-bond acceptors (Lipinski definition) is 4. The molecule has 148 valence electrons. The number of nitrogens with one attached hydrogen (secondary N) is 1. The average Bonchev–Trinajstić information content (AvgIpc) is 3.35. The normalized spacial score (nSPS) is 11.6. The van der Waals surface area contributed by atoms with E-state index in [9.17, 15) is 10.5 Å². The van der Waals surface area contributed by atoms with Crippen LogP contribution < -0.4 is 0 Å².